The summed E-state index contributed by atoms with van der Waals surface area (Å²) in [4.78, 5) is 33.0. The molecule has 0 aromatic rings. The Morgan fingerprint density at radius 3 is 2.63 bits per heavy atom. The van der Waals surface area contributed by atoms with Gasteiger partial charge in [0.25, 0.3) is 0 Å². The summed E-state index contributed by atoms with van der Waals surface area (Å²) in [5.74, 6) is -1.69. The minimum Gasteiger partial charge on any atom is -0.480 e. The van der Waals surface area contributed by atoms with Gasteiger partial charge in [-0.1, -0.05) is 12.2 Å². The molecule has 0 fully saturated rings. The maximum atomic E-state index is 11.5. The van der Waals surface area contributed by atoms with Crippen molar-refractivity contribution >= 4 is 17.9 Å². The first-order valence-corrected chi connectivity index (χ1v) is 6.19. The van der Waals surface area contributed by atoms with Crippen molar-refractivity contribution in [3.05, 3.63) is 12.2 Å². The Hall–Kier alpha value is -2.05. The Kier molecular flexibility index (Phi) is 5.84. The second-order valence-electron chi connectivity index (χ2n) is 4.57. The average Bonchev–Trinajstić information content (AvgIpc) is 2.36. The molecule has 5 N–H and O–H groups in total. The van der Waals surface area contributed by atoms with E-state index in [-0.39, 0.29) is 0 Å². The van der Waals surface area contributed by atoms with Crippen LogP contribution in [0.3, 0.4) is 0 Å². The lowest BCUT2D eigenvalue weighted by Crippen LogP contribution is -2.48. The van der Waals surface area contributed by atoms with Crippen LogP contribution in [0.25, 0.3) is 0 Å². The number of aliphatic carboxylic acids is 1. The number of hydrogen-bond donors (Lipinski definition) is 4. The maximum Gasteiger partial charge on any atom is 0.326 e. The van der Waals surface area contributed by atoms with Crippen molar-refractivity contribution in [3.63, 3.8) is 0 Å². The van der Waals surface area contributed by atoms with Crippen molar-refractivity contribution in [2.45, 2.75) is 31.7 Å². The molecule has 0 aromatic carbocycles. The van der Waals surface area contributed by atoms with Gasteiger partial charge in [-0.3, -0.25) is 4.79 Å². The molecule has 1 unspecified atom stereocenters. The molecule has 0 aromatic heterocycles. The fourth-order valence-electron chi connectivity index (χ4n) is 1.89. The first-order chi connectivity index (χ1) is 8.99. The van der Waals surface area contributed by atoms with Gasteiger partial charge in [0.15, 0.2) is 0 Å². The number of carboxylic acid groups (broad SMARTS) is 1. The Morgan fingerprint density at radius 2 is 2.11 bits per heavy atom. The van der Waals surface area contributed by atoms with Crippen LogP contribution in [0.4, 0.5) is 4.79 Å². The third-order valence-corrected chi connectivity index (χ3v) is 2.94. The Labute approximate surface area is 111 Å². The Bertz CT molecular complexity index is 381. The minimum atomic E-state index is -1.29. The van der Waals surface area contributed by atoms with Gasteiger partial charge < -0.3 is 21.5 Å². The molecule has 0 saturated carbocycles. The second kappa shape index (κ2) is 7.40. The van der Waals surface area contributed by atoms with Crippen molar-refractivity contribution in [1.82, 2.24) is 10.6 Å². The molecular formula is C12H19N3O4. The number of carboxylic acids is 1. The zero-order chi connectivity index (χ0) is 14.3. The molecule has 1 aliphatic rings. The number of urea groups is 1. The first-order valence-electron chi connectivity index (χ1n) is 6.19. The molecule has 19 heavy (non-hydrogen) atoms. The molecule has 0 aliphatic heterocycles. The van der Waals surface area contributed by atoms with Crippen LogP contribution < -0.4 is 16.4 Å². The number of carbonyl (C=O) groups is 3. The highest BCUT2D eigenvalue weighted by atomic mass is 16.4. The van der Waals surface area contributed by atoms with Gasteiger partial charge >= 0.3 is 12.0 Å². The number of allylic oxidation sites excluding steroid dienone is 2. The lowest BCUT2D eigenvalue weighted by atomic mass is 9.94. The standard InChI is InChI=1S/C12H19N3O4/c13-10(16)6-9(11(17)18)15-12(19)14-7-8-4-2-1-3-5-8/h1-2,8-9H,3-7H2,(H2,13,16)(H,17,18)(H2,14,15,19)/t8?,9-/m1/s1. The predicted molar refractivity (Wildman–Crippen MR) is 68.3 cm³/mol. The number of carbonyl (C=O) groups excluding carboxylic acids is 2. The zero-order valence-corrected chi connectivity index (χ0v) is 10.6. The van der Waals surface area contributed by atoms with E-state index in [4.69, 9.17) is 10.8 Å². The normalized spacial score (nSPS) is 19.5. The maximum absolute atomic E-state index is 11.5. The third-order valence-electron chi connectivity index (χ3n) is 2.94. The molecule has 7 nitrogen and oxygen atoms in total. The van der Waals surface area contributed by atoms with Crippen molar-refractivity contribution in [1.29, 1.82) is 0 Å². The summed E-state index contributed by atoms with van der Waals surface area (Å²) >= 11 is 0. The summed E-state index contributed by atoms with van der Waals surface area (Å²) in [5, 5.41) is 13.7. The number of rotatable bonds is 6. The van der Waals surface area contributed by atoms with Crippen molar-refractivity contribution in [2.24, 2.45) is 11.7 Å². The number of primary amides is 1. The van der Waals surface area contributed by atoms with Gasteiger partial charge in [0, 0.05) is 6.54 Å². The van der Waals surface area contributed by atoms with Gasteiger partial charge in [0.1, 0.15) is 6.04 Å². The van der Waals surface area contributed by atoms with E-state index < -0.39 is 30.4 Å². The quantitative estimate of drug-likeness (QED) is 0.506. The third kappa shape index (κ3) is 5.89. The first kappa shape index (κ1) is 15.0. The van der Waals surface area contributed by atoms with E-state index in [1.54, 1.807) is 0 Å². The average molecular weight is 269 g/mol. The summed E-state index contributed by atoms with van der Waals surface area (Å²) in [6.07, 6.45) is 6.65. The Balaban J connectivity index is 2.33. The molecular weight excluding hydrogens is 250 g/mol. The zero-order valence-electron chi connectivity index (χ0n) is 10.6. The molecule has 0 radical (unpaired) electrons. The summed E-state index contributed by atoms with van der Waals surface area (Å²) in [5.41, 5.74) is 4.92. The van der Waals surface area contributed by atoms with Crippen molar-refractivity contribution in [2.75, 3.05) is 6.54 Å². The molecule has 0 saturated heterocycles. The molecule has 0 heterocycles. The predicted octanol–water partition coefficient (Wildman–Crippen LogP) is -0.0295. The highest BCUT2D eigenvalue weighted by molar-refractivity contribution is 5.87. The van der Waals surface area contributed by atoms with Crippen LogP contribution in [0.5, 0.6) is 0 Å². The van der Waals surface area contributed by atoms with E-state index in [2.05, 4.69) is 22.8 Å². The Morgan fingerprint density at radius 1 is 1.37 bits per heavy atom. The van der Waals surface area contributed by atoms with E-state index in [1.807, 2.05) is 0 Å². The largest absolute Gasteiger partial charge is 0.480 e. The molecule has 1 rings (SSSR count). The van der Waals surface area contributed by atoms with E-state index in [0.717, 1.165) is 19.3 Å². The number of amides is 3. The van der Waals surface area contributed by atoms with Crippen LogP contribution in [-0.2, 0) is 9.59 Å². The highest BCUT2D eigenvalue weighted by Crippen LogP contribution is 2.16. The molecule has 0 bridgehead atoms. The highest BCUT2D eigenvalue weighted by Gasteiger charge is 2.22. The van der Waals surface area contributed by atoms with Gasteiger partial charge in [0.05, 0.1) is 6.42 Å². The number of hydrogen-bond acceptors (Lipinski definition) is 3. The van der Waals surface area contributed by atoms with Crippen LogP contribution in [0.2, 0.25) is 0 Å². The molecule has 7 heteroatoms. The van der Waals surface area contributed by atoms with Crippen LogP contribution >= 0.6 is 0 Å². The summed E-state index contributed by atoms with van der Waals surface area (Å²) in [6, 6.07) is -1.88. The molecule has 106 valence electrons. The molecule has 1 aliphatic carbocycles. The SMILES string of the molecule is NC(=O)C[C@@H](NC(=O)NCC1CC=CCC1)C(=O)O. The number of nitrogens with one attached hydrogen (secondary N) is 2. The summed E-state index contributed by atoms with van der Waals surface area (Å²) in [6.45, 7) is 0.485. The molecule has 2 atom stereocenters. The monoisotopic (exact) mass is 269 g/mol. The van der Waals surface area contributed by atoms with E-state index in [9.17, 15) is 14.4 Å². The van der Waals surface area contributed by atoms with Crippen LogP contribution in [0, 0.1) is 5.92 Å². The van der Waals surface area contributed by atoms with Gasteiger partial charge in [-0.2, -0.15) is 0 Å². The second-order valence-corrected chi connectivity index (χ2v) is 4.57. The van der Waals surface area contributed by atoms with Crippen LogP contribution in [-0.4, -0.2) is 35.6 Å². The summed E-state index contributed by atoms with van der Waals surface area (Å²) < 4.78 is 0. The van der Waals surface area contributed by atoms with Gasteiger partial charge in [-0.25, -0.2) is 9.59 Å². The molecule has 3 amide bonds. The number of nitrogens with two attached hydrogens (primary N) is 1. The van der Waals surface area contributed by atoms with Gasteiger partial charge in [-0.05, 0) is 25.2 Å². The minimum absolute atomic E-state index is 0.371. The fraction of sp³-hybridized carbons (Fsp3) is 0.583. The van der Waals surface area contributed by atoms with Crippen LogP contribution in [0.15, 0.2) is 12.2 Å². The smallest absolute Gasteiger partial charge is 0.326 e. The van der Waals surface area contributed by atoms with E-state index >= 15 is 0 Å². The topological polar surface area (TPSA) is 122 Å². The van der Waals surface area contributed by atoms with Crippen molar-refractivity contribution < 1.29 is 19.5 Å². The van der Waals surface area contributed by atoms with E-state index in [0.29, 0.717) is 12.5 Å². The summed E-state index contributed by atoms with van der Waals surface area (Å²) in [7, 11) is 0. The van der Waals surface area contributed by atoms with Gasteiger partial charge in [0.2, 0.25) is 5.91 Å². The van der Waals surface area contributed by atoms with Gasteiger partial charge in [-0.15, -0.1) is 0 Å². The fourth-order valence-corrected chi connectivity index (χ4v) is 1.89. The van der Waals surface area contributed by atoms with Crippen molar-refractivity contribution in [3.8, 4) is 0 Å². The molecule has 0 spiro atoms. The van der Waals surface area contributed by atoms with Crippen LogP contribution in [0.1, 0.15) is 25.7 Å². The van der Waals surface area contributed by atoms with E-state index in [1.165, 1.54) is 0 Å². The lowest BCUT2D eigenvalue weighted by molar-refractivity contribution is -0.140. The lowest BCUT2D eigenvalue weighted by Gasteiger charge is -2.19.